The normalized spacial score (nSPS) is 21.0. The van der Waals surface area contributed by atoms with Gasteiger partial charge < -0.3 is 15.5 Å². The molecule has 1 aliphatic heterocycles. The first-order chi connectivity index (χ1) is 9.87. The molecule has 7 heteroatoms. The highest BCUT2D eigenvalue weighted by molar-refractivity contribution is 7.89. The average Bonchev–Trinajstić information content (AvgIpc) is 2.47. The lowest BCUT2D eigenvalue weighted by atomic mass is 10.1. The Morgan fingerprint density at radius 3 is 2.57 bits per heavy atom. The first-order valence-corrected chi connectivity index (χ1v) is 8.48. The van der Waals surface area contributed by atoms with Crippen molar-refractivity contribution in [1.82, 2.24) is 9.21 Å². The topological polar surface area (TPSA) is 69.9 Å². The number of rotatable bonds is 4. The van der Waals surface area contributed by atoms with E-state index in [1.807, 2.05) is 12.1 Å². The Morgan fingerprint density at radius 2 is 1.95 bits per heavy atom. The van der Waals surface area contributed by atoms with Gasteiger partial charge in [0.05, 0.1) is 11.7 Å². The van der Waals surface area contributed by atoms with Crippen LogP contribution in [0.5, 0.6) is 0 Å². The number of piperazine rings is 1. The number of nitrogens with zero attached hydrogens (tertiary/aromatic N) is 3. The fraction of sp³-hybridized carbons (Fsp3) is 0.571. The number of sulfonamides is 1. The highest BCUT2D eigenvalue weighted by Crippen LogP contribution is 2.29. The van der Waals surface area contributed by atoms with Crippen molar-refractivity contribution in [3.8, 4) is 0 Å². The third-order valence-electron chi connectivity index (χ3n) is 3.89. The summed E-state index contributed by atoms with van der Waals surface area (Å²) in [6.07, 6.45) is 0. The Labute approximate surface area is 127 Å². The molecule has 1 fully saturated rings. The summed E-state index contributed by atoms with van der Waals surface area (Å²) < 4.78 is 26.3. The first kappa shape index (κ1) is 16.2. The van der Waals surface area contributed by atoms with Gasteiger partial charge in [-0.1, -0.05) is 12.1 Å². The SMILES string of the molecule is CN1CCN(c2ccccc2S(=O)(=O)N(C)C)C(CN)C1. The molecule has 0 bridgehead atoms. The van der Waals surface area contributed by atoms with E-state index >= 15 is 0 Å². The summed E-state index contributed by atoms with van der Waals surface area (Å²) in [6, 6.07) is 7.28. The lowest BCUT2D eigenvalue weighted by molar-refractivity contribution is 0.269. The van der Waals surface area contributed by atoms with E-state index in [9.17, 15) is 8.42 Å². The molecular formula is C14H24N4O2S. The first-order valence-electron chi connectivity index (χ1n) is 7.04. The minimum Gasteiger partial charge on any atom is -0.364 e. The van der Waals surface area contributed by atoms with Gasteiger partial charge in [0.15, 0.2) is 0 Å². The summed E-state index contributed by atoms with van der Waals surface area (Å²) in [6.45, 7) is 3.01. The minimum atomic E-state index is -3.46. The third-order valence-corrected chi connectivity index (χ3v) is 5.75. The van der Waals surface area contributed by atoms with Crippen LogP contribution in [0, 0.1) is 0 Å². The third kappa shape index (κ3) is 3.21. The molecule has 1 unspecified atom stereocenters. The van der Waals surface area contributed by atoms with Crippen molar-refractivity contribution in [2.24, 2.45) is 5.73 Å². The standard InChI is InChI=1S/C14H24N4O2S/c1-16(2)21(19,20)14-7-5-4-6-13(14)18-9-8-17(3)11-12(18)10-15/h4-7,12H,8-11,15H2,1-3H3. The smallest absolute Gasteiger partial charge is 0.244 e. The van der Waals surface area contributed by atoms with Crippen LogP contribution in [0.2, 0.25) is 0 Å². The molecule has 1 aromatic rings. The van der Waals surface area contributed by atoms with Crippen molar-refractivity contribution < 1.29 is 8.42 Å². The molecule has 1 heterocycles. The predicted molar refractivity (Wildman–Crippen MR) is 85.0 cm³/mol. The van der Waals surface area contributed by atoms with Crippen LogP contribution in [0.4, 0.5) is 5.69 Å². The van der Waals surface area contributed by atoms with Crippen molar-refractivity contribution in [2.75, 3.05) is 52.2 Å². The van der Waals surface area contributed by atoms with Gasteiger partial charge in [0.1, 0.15) is 4.90 Å². The lowest BCUT2D eigenvalue weighted by Crippen LogP contribution is -2.55. The molecule has 0 aromatic heterocycles. The van der Waals surface area contributed by atoms with Gasteiger partial charge in [0.2, 0.25) is 10.0 Å². The lowest BCUT2D eigenvalue weighted by Gasteiger charge is -2.41. The van der Waals surface area contributed by atoms with Gasteiger partial charge in [0.25, 0.3) is 0 Å². The van der Waals surface area contributed by atoms with E-state index < -0.39 is 10.0 Å². The van der Waals surface area contributed by atoms with Gasteiger partial charge in [0, 0.05) is 40.3 Å². The molecule has 118 valence electrons. The van der Waals surface area contributed by atoms with E-state index in [4.69, 9.17) is 5.73 Å². The molecule has 1 aromatic carbocycles. The van der Waals surface area contributed by atoms with Gasteiger partial charge in [-0.25, -0.2) is 12.7 Å². The average molecular weight is 312 g/mol. The maximum Gasteiger partial charge on any atom is 0.244 e. The maximum atomic E-state index is 12.5. The van der Waals surface area contributed by atoms with Gasteiger partial charge >= 0.3 is 0 Å². The Bertz CT molecular complexity index is 588. The molecule has 0 aliphatic carbocycles. The zero-order chi connectivity index (χ0) is 15.6. The number of hydrogen-bond donors (Lipinski definition) is 1. The summed E-state index contributed by atoms with van der Waals surface area (Å²) >= 11 is 0. The summed E-state index contributed by atoms with van der Waals surface area (Å²) in [5.41, 5.74) is 6.63. The number of para-hydroxylation sites is 1. The van der Waals surface area contributed by atoms with Crippen molar-refractivity contribution >= 4 is 15.7 Å². The molecule has 0 amide bonds. The summed E-state index contributed by atoms with van der Waals surface area (Å²) in [5, 5.41) is 0. The molecule has 2 N–H and O–H groups in total. The zero-order valence-electron chi connectivity index (χ0n) is 12.9. The van der Waals surface area contributed by atoms with Crippen molar-refractivity contribution in [1.29, 1.82) is 0 Å². The fourth-order valence-corrected chi connectivity index (χ4v) is 3.73. The monoisotopic (exact) mass is 312 g/mol. The maximum absolute atomic E-state index is 12.5. The van der Waals surface area contributed by atoms with Crippen LogP contribution in [0.25, 0.3) is 0 Å². The van der Waals surface area contributed by atoms with Gasteiger partial charge in [-0.05, 0) is 19.2 Å². The number of benzene rings is 1. The Balaban J connectivity index is 2.45. The van der Waals surface area contributed by atoms with E-state index in [2.05, 4.69) is 16.8 Å². The van der Waals surface area contributed by atoms with Crippen LogP contribution >= 0.6 is 0 Å². The second kappa shape index (κ2) is 6.31. The minimum absolute atomic E-state index is 0.127. The summed E-state index contributed by atoms with van der Waals surface area (Å²) in [7, 11) is 1.70. The second-order valence-corrected chi connectivity index (χ2v) is 7.72. The van der Waals surface area contributed by atoms with Crippen LogP contribution < -0.4 is 10.6 Å². The van der Waals surface area contributed by atoms with Crippen molar-refractivity contribution in [3.63, 3.8) is 0 Å². The highest BCUT2D eigenvalue weighted by atomic mass is 32.2. The molecule has 1 saturated heterocycles. The fourth-order valence-electron chi connectivity index (χ4n) is 2.64. The molecular weight excluding hydrogens is 288 g/mol. The highest BCUT2D eigenvalue weighted by Gasteiger charge is 2.29. The number of anilines is 1. The summed E-state index contributed by atoms with van der Waals surface area (Å²) in [4.78, 5) is 4.69. The number of nitrogens with two attached hydrogens (primary N) is 1. The van der Waals surface area contributed by atoms with Crippen LogP contribution in [-0.2, 0) is 10.0 Å². The molecule has 1 atom stereocenters. The Kier molecular flexibility index (Phi) is 4.88. The van der Waals surface area contributed by atoms with Crippen molar-refractivity contribution in [3.05, 3.63) is 24.3 Å². The van der Waals surface area contributed by atoms with E-state index in [0.717, 1.165) is 25.3 Å². The number of likely N-dealkylation sites (N-methyl/N-ethyl adjacent to an activating group) is 1. The van der Waals surface area contributed by atoms with Crippen molar-refractivity contribution in [2.45, 2.75) is 10.9 Å². The molecule has 6 nitrogen and oxygen atoms in total. The van der Waals surface area contributed by atoms with Gasteiger partial charge in [-0.15, -0.1) is 0 Å². The largest absolute Gasteiger partial charge is 0.364 e. The Hall–Kier alpha value is -1.15. The molecule has 0 radical (unpaired) electrons. The molecule has 21 heavy (non-hydrogen) atoms. The van der Waals surface area contributed by atoms with Crippen LogP contribution in [0.15, 0.2) is 29.2 Å². The Morgan fingerprint density at radius 1 is 1.29 bits per heavy atom. The zero-order valence-corrected chi connectivity index (χ0v) is 13.7. The molecule has 1 aliphatic rings. The van der Waals surface area contributed by atoms with E-state index in [1.165, 1.54) is 4.31 Å². The quantitative estimate of drug-likeness (QED) is 0.848. The van der Waals surface area contributed by atoms with Gasteiger partial charge in [-0.2, -0.15) is 0 Å². The van der Waals surface area contributed by atoms with E-state index in [-0.39, 0.29) is 6.04 Å². The second-order valence-electron chi connectivity index (χ2n) is 5.60. The van der Waals surface area contributed by atoms with E-state index in [0.29, 0.717) is 11.4 Å². The van der Waals surface area contributed by atoms with Crippen LogP contribution in [-0.4, -0.2) is 71.0 Å². The van der Waals surface area contributed by atoms with Crippen LogP contribution in [0.1, 0.15) is 0 Å². The van der Waals surface area contributed by atoms with E-state index in [1.54, 1.807) is 26.2 Å². The molecule has 0 saturated carbocycles. The predicted octanol–water partition coefficient (Wildman–Crippen LogP) is 0.0160. The van der Waals surface area contributed by atoms with Crippen LogP contribution in [0.3, 0.4) is 0 Å². The molecule has 0 spiro atoms. The molecule has 2 rings (SSSR count). The van der Waals surface area contributed by atoms with Gasteiger partial charge in [-0.3, -0.25) is 0 Å². The summed E-state index contributed by atoms with van der Waals surface area (Å²) in [5.74, 6) is 0. The number of hydrogen-bond acceptors (Lipinski definition) is 5.